The van der Waals surface area contributed by atoms with Crippen LogP contribution in [-0.4, -0.2) is 21.9 Å². The van der Waals surface area contributed by atoms with Crippen LogP contribution in [0.3, 0.4) is 0 Å². The Kier molecular flexibility index (Phi) is 3.69. The molecule has 0 unspecified atom stereocenters. The van der Waals surface area contributed by atoms with Gasteiger partial charge >= 0.3 is 0 Å². The zero-order valence-electron chi connectivity index (χ0n) is 16.5. The normalized spacial score (nSPS) is 13.8. The number of benzene rings is 3. The Balaban J connectivity index is 2.33. The number of carbonyl (C=O) groups excluding carboxylic acids is 1. The Morgan fingerprint density at radius 1 is 0.577 bits per heavy atom. The van der Waals surface area contributed by atoms with Gasteiger partial charge in [-0.1, -0.05) is 87.8 Å². The summed E-state index contributed by atoms with van der Waals surface area (Å²) in [5.41, 5.74) is 4.30. The number of fused-ring (bicyclic) bond motifs is 4. The first kappa shape index (κ1) is 17.4. The first-order chi connectivity index (χ1) is 12.1. The Hall–Kier alpha value is -1.98. The van der Waals surface area contributed by atoms with Gasteiger partial charge < -0.3 is 0 Å². The van der Waals surface area contributed by atoms with Gasteiger partial charge in [-0.25, -0.2) is 0 Å². The van der Waals surface area contributed by atoms with Crippen LogP contribution in [0.2, 0.25) is 39.3 Å². The molecule has 0 saturated heterocycles. The Morgan fingerprint density at radius 3 is 1.50 bits per heavy atom. The molecular formula is C23H26OSi2. The molecule has 0 heterocycles. The van der Waals surface area contributed by atoms with E-state index in [1.807, 2.05) is 12.1 Å². The summed E-state index contributed by atoms with van der Waals surface area (Å²) in [6.07, 6.45) is 0. The van der Waals surface area contributed by atoms with E-state index in [1.54, 1.807) is 0 Å². The van der Waals surface area contributed by atoms with Gasteiger partial charge in [0.15, 0.2) is 5.78 Å². The third kappa shape index (κ3) is 2.37. The van der Waals surface area contributed by atoms with Crippen LogP contribution in [0, 0.1) is 0 Å². The zero-order chi connectivity index (χ0) is 18.9. The van der Waals surface area contributed by atoms with Crippen LogP contribution >= 0.6 is 0 Å². The van der Waals surface area contributed by atoms with E-state index in [0.29, 0.717) is 0 Å². The van der Waals surface area contributed by atoms with E-state index in [0.717, 1.165) is 16.7 Å². The average Bonchev–Trinajstić information content (AvgIpc) is 2.84. The molecule has 0 N–H and O–H groups in total. The summed E-state index contributed by atoms with van der Waals surface area (Å²) in [6, 6.07) is 17.0. The van der Waals surface area contributed by atoms with Gasteiger partial charge in [-0.2, -0.15) is 0 Å². The number of ketones is 1. The predicted octanol–water partition coefficient (Wildman–Crippen LogP) is 5.14. The first-order valence-corrected chi connectivity index (χ1v) is 16.4. The van der Waals surface area contributed by atoms with Gasteiger partial charge in [0.1, 0.15) is 0 Å². The molecule has 132 valence electrons. The molecular weight excluding hydrogens is 348 g/mol. The summed E-state index contributed by atoms with van der Waals surface area (Å²) >= 11 is 0. The molecule has 0 saturated carbocycles. The lowest BCUT2D eigenvalue weighted by Gasteiger charge is -2.29. The largest absolute Gasteiger partial charge is 0.289 e. The van der Waals surface area contributed by atoms with Gasteiger partial charge in [-0.15, -0.1) is 0 Å². The monoisotopic (exact) mass is 374 g/mol. The van der Waals surface area contributed by atoms with Gasteiger partial charge in [0.25, 0.3) is 0 Å². The quantitative estimate of drug-likeness (QED) is 0.444. The lowest BCUT2D eigenvalue weighted by Crippen LogP contribution is -2.47. The SMILES string of the molecule is C[Si](C)(C)c1c2c(c([Si](C)(C)C)c3ccccc13)-c1ccccc1C2=O. The minimum Gasteiger partial charge on any atom is -0.289 e. The molecule has 0 spiro atoms. The Morgan fingerprint density at radius 2 is 1.00 bits per heavy atom. The maximum atomic E-state index is 13.5. The van der Waals surface area contributed by atoms with Crippen LogP contribution in [0.4, 0.5) is 0 Å². The summed E-state index contributed by atoms with van der Waals surface area (Å²) < 4.78 is 0. The fourth-order valence-electron chi connectivity index (χ4n) is 4.53. The van der Waals surface area contributed by atoms with Crippen LogP contribution in [0.5, 0.6) is 0 Å². The zero-order valence-corrected chi connectivity index (χ0v) is 18.5. The van der Waals surface area contributed by atoms with E-state index in [-0.39, 0.29) is 5.78 Å². The van der Waals surface area contributed by atoms with Crippen molar-refractivity contribution in [3.05, 3.63) is 59.7 Å². The molecule has 3 aromatic rings. The van der Waals surface area contributed by atoms with Crippen LogP contribution in [-0.2, 0) is 0 Å². The van der Waals surface area contributed by atoms with Crippen molar-refractivity contribution in [2.75, 3.05) is 0 Å². The van der Waals surface area contributed by atoms with E-state index >= 15 is 0 Å². The van der Waals surface area contributed by atoms with E-state index in [9.17, 15) is 4.79 Å². The van der Waals surface area contributed by atoms with E-state index in [2.05, 4.69) is 75.7 Å². The second-order valence-corrected chi connectivity index (χ2v) is 19.4. The second kappa shape index (κ2) is 5.51. The molecule has 1 nitrogen and oxygen atoms in total. The van der Waals surface area contributed by atoms with Crippen molar-refractivity contribution in [3.8, 4) is 11.1 Å². The standard InChI is InChI=1S/C23H26OSi2/c1-25(2,3)22-17-13-9-10-14-18(17)23(26(4,5)6)20-19(22)15-11-7-8-12-16(15)21(20)24/h7-14H,1-6H3. The number of rotatable bonds is 2. The van der Waals surface area contributed by atoms with Crippen molar-refractivity contribution in [1.29, 1.82) is 0 Å². The molecule has 1 aliphatic rings. The summed E-state index contributed by atoms with van der Waals surface area (Å²) in [5.74, 6) is 0.235. The van der Waals surface area contributed by atoms with Crippen molar-refractivity contribution in [2.45, 2.75) is 39.3 Å². The Bertz CT molecular complexity index is 1070. The second-order valence-electron chi connectivity index (χ2n) is 9.42. The molecule has 0 fully saturated rings. The maximum absolute atomic E-state index is 13.5. The van der Waals surface area contributed by atoms with Crippen molar-refractivity contribution in [2.24, 2.45) is 0 Å². The fraction of sp³-hybridized carbons (Fsp3) is 0.261. The highest BCUT2D eigenvalue weighted by molar-refractivity contribution is 6.94. The summed E-state index contributed by atoms with van der Waals surface area (Å²) in [7, 11) is -3.39. The van der Waals surface area contributed by atoms with Gasteiger partial charge in [0.2, 0.25) is 0 Å². The summed E-state index contributed by atoms with van der Waals surface area (Å²) in [5, 5.41) is 5.46. The lowest BCUT2D eigenvalue weighted by molar-refractivity contribution is 0.104. The van der Waals surface area contributed by atoms with Crippen molar-refractivity contribution in [1.82, 2.24) is 0 Å². The van der Waals surface area contributed by atoms with E-state index in [1.165, 1.54) is 26.7 Å². The molecule has 0 aromatic heterocycles. The molecule has 0 atom stereocenters. The highest BCUT2D eigenvalue weighted by Gasteiger charge is 2.39. The van der Waals surface area contributed by atoms with Crippen molar-refractivity contribution >= 4 is 43.1 Å². The number of hydrogen-bond acceptors (Lipinski definition) is 1. The highest BCUT2D eigenvalue weighted by atomic mass is 28.3. The van der Waals surface area contributed by atoms with Gasteiger partial charge in [0, 0.05) is 11.1 Å². The maximum Gasteiger partial charge on any atom is 0.194 e. The molecule has 26 heavy (non-hydrogen) atoms. The molecule has 3 aromatic carbocycles. The highest BCUT2D eigenvalue weighted by Crippen LogP contribution is 2.39. The van der Waals surface area contributed by atoms with E-state index in [4.69, 9.17) is 0 Å². The minimum absolute atomic E-state index is 0.235. The minimum atomic E-state index is -1.72. The molecule has 1 aliphatic carbocycles. The third-order valence-electron chi connectivity index (χ3n) is 5.38. The topological polar surface area (TPSA) is 17.1 Å². The molecule has 3 heteroatoms. The molecule has 4 rings (SSSR count). The van der Waals surface area contributed by atoms with Crippen LogP contribution in [0.15, 0.2) is 48.5 Å². The molecule has 0 aliphatic heterocycles. The smallest absolute Gasteiger partial charge is 0.194 e. The van der Waals surface area contributed by atoms with Gasteiger partial charge in [-0.3, -0.25) is 4.79 Å². The fourth-order valence-corrected chi connectivity index (χ4v) is 8.58. The Labute approximate surface area is 158 Å². The third-order valence-corrected chi connectivity index (χ3v) is 9.42. The predicted molar refractivity (Wildman–Crippen MR) is 119 cm³/mol. The molecule has 0 bridgehead atoms. The molecule has 0 amide bonds. The van der Waals surface area contributed by atoms with Gasteiger partial charge in [0.05, 0.1) is 16.1 Å². The van der Waals surface area contributed by atoms with Crippen LogP contribution < -0.4 is 10.4 Å². The van der Waals surface area contributed by atoms with Crippen molar-refractivity contribution in [3.63, 3.8) is 0 Å². The van der Waals surface area contributed by atoms with Gasteiger partial charge in [-0.05, 0) is 32.3 Å². The van der Waals surface area contributed by atoms with Crippen LogP contribution in [0.25, 0.3) is 21.9 Å². The first-order valence-electron chi connectivity index (χ1n) is 9.36. The van der Waals surface area contributed by atoms with Crippen molar-refractivity contribution < 1.29 is 4.79 Å². The lowest BCUT2D eigenvalue weighted by atomic mass is 9.99. The number of carbonyl (C=O) groups is 1. The molecule has 0 radical (unpaired) electrons. The summed E-state index contributed by atoms with van der Waals surface area (Å²) in [6.45, 7) is 14.3. The summed E-state index contributed by atoms with van der Waals surface area (Å²) in [4.78, 5) is 13.5. The van der Waals surface area contributed by atoms with E-state index < -0.39 is 16.1 Å². The average molecular weight is 375 g/mol. The van der Waals surface area contributed by atoms with Crippen LogP contribution in [0.1, 0.15) is 15.9 Å². The number of hydrogen-bond donors (Lipinski definition) is 0.